The largest absolute Gasteiger partial charge is 0.185 e. The van der Waals surface area contributed by atoms with Gasteiger partial charge in [0.05, 0.1) is 10.7 Å². The molecule has 0 atom stereocenters. The molecule has 2 nitrogen and oxygen atoms in total. The summed E-state index contributed by atoms with van der Waals surface area (Å²) in [5.74, 6) is 0. The van der Waals surface area contributed by atoms with Gasteiger partial charge in [-0.3, -0.25) is 0 Å². The van der Waals surface area contributed by atoms with Crippen LogP contribution in [0.15, 0.2) is 33.8 Å². The smallest absolute Gasteiger partial charge is 0.114 e. The van der Waals surface area contributed by atoms with Crippen molar-refractivity contribution in [2.24, 2.45) is 9.50 Å². The number of rotatable bonds is 1. The van der Waals surface area contributed by atoms with Crippen LogP contribution < -0.4 is 0 Å². The third kappa shape index (κ3) is 2.35. The lowest BCUT2D eigenvalue weighted by Crippen LogP contribution is -1.64. The van der Waals surface area contributed by atoms with Gasteiger partial charge in [0, 0.05) is 11.8 Å². The highest BCUT2D eigenvalue weighted by molar-refractivity contribution is 6.33. The minimum Gasteiger partial charge on any atom is -0.185 e. The zero-order valence-corrected chi connectivity index (χ0v) is 6.97. The van der Waals surface area contributed by atoms with Gasteiger partial charge < -0.3 is 0 Å². The number of hydrogen-bond donors (Lipinski definition) is 0. The van der Waals surface area contributed by atoms with Crippen molar-refractivity contribution in [3.8, 4) is 0 Å². The van der Waals surface area contributed by atoms with E-state index >= 15 is 0 Å². The highest BCUT2D eigenvalue weighted by Gasteiger charge is 1.92. The van der Waals surface area contributed by atoms with Crippen molar-refractivity contribution in [2.45, 2.75) is 0 Å². The molecule has 0 fully saturated rings. The third-order valence-electron chi connectivity index (χ3n) is 1.06. The van der Waals surface area contributed by atoms with Crippen molar-refractivity contribution < 1.29 is 0 Å². The molecule has 0 N–H and O–H groups in total. The molecule has 0 heterocycles. The fourth-order valence-electron chi connectivity index (χ4n) is 0.615. The van der Waals surface area contributed by atoms with Crippen LogP contribution in [0.2, 0.25) is 5.02 Å². The molecule has 0 radical (unpaired) electrons. The molecule has 0 amide bonds. The van der Waals surface area contributed by atoms with Crippen LogP contribution in [0.1, 0.15) is 0 Å². The zero-order valence-electron chi connectivity index (χ0n) is 5.46. The standard InChI is InChI=1S/C7H4Cl2N2/c8-6-3-1-2-4-7(6)10-5-11-9/h1-4H. The Balaban J connectivity index is 3.04. The van der Waals surface area contributed by atoms with Gasteiger partial charge in [-0.15, -0.1) is 4.51 Å². The zero-order chi connectivity index (χ0) is 8.10. The molecule has 0 saturated heterocycles. The van der Waals surface area contributed by atoms with Crippen LogP contribution >= 0.6 is 23.4 Å². The van der Waals surface area contributed by atoms with Gasteiger partial charge in [0.1, 0.15) is 6.01 Å². The van der Waals surface area contributed by atoms with Gasteiger partial charge >= 0.3 is 0 Å². The molecule has 0 aliphatic rings. The Hall–Kier alpha value is -0.820. The Morgan fingerprint density at radius 3 is 2.64 bits per heavy atom. The molecule has 4 heteroatoms. The molecule has 0 unspecified atom stereocenters. The second kappa shape index (κ2) is 4.14. The van der Waals surface area contributed by atoms with Gasteiger partial charge in [-0.05, 0) is 12.1 Å². The van der Waals surface area contributed by atoms with E-state index in [1.807, 2.05) is 12.1 Å². The van der Waals surface area contributed by atoms with Crippen LogP contribution in [0.5, 0.6) is 0 Å². The van der Waals surface area contributed by atoms with E-state index in [0.717, 1.165) is 0 Å². The van der Waals surface area contributed by atoms with Crippen LogP contribution in [0.25, 0.3) is 0 Å². The van der Waals surface area contributed by atoms with Gasteiger partial charge in [0.25, 0.3) is 0 Å². The van der Waals surface area contributed by atoms with Crippen LogP contribution in [-0.2, 0) is 0 Å². The number of halogens is 2. The molecule has 0 aliphatic heterocycles. The van der Waals surface area contributed by atoms with E-state index in [9.17, 15) is 0 Å². The van der Waals surface area contributed by atoms with Crippen molar-refractivity contribution in [3.05, 3.63) is 29.3 Å². The van der Waals surface area contributed by atoms with E-state index in [-0.39, 0.29) is 0 Å². The minimum atomic E-state index is 0.556. The highest BCUT2D eigenvalue weighted by atomic mass is 35.5. The average molecular weight is 187 g/mol. The molecule has 0 aromatic heterocycles. The molecule has 0 bridgehead atoms. The lowest BCUT2D eigenvalue weighted by molar-refractivity contribution is 1.54. The van der Waals surface area contributed by atoms with E-state index < -0.39 is 0 Å². The number of benzene rings is 1. The summed E-state index contributed by atoms with van der Waals surface area (Å²) in [7, 11) is 0. The molecule has 11 heavy (non-hydrogen) atoms. The summed E-state index contributed by atoms with van der Waals surface area (Å²) in [6.45, 7) is 0. The van der Waals surface area contributed by atoms with Gasteiger partial charge in [-0.1, -0.05) is 23.7 Å². The fraction of sp³-hybridized carbons (Fsp3) is 0. The predicted molar refractivity (Wildman–Crippen MR) is 46.8 cm³/mol. The molecule has 0 aliphatic carbocycles. The van der Waals surface area contributed by atoms with Crippen LogP contribution in [0.3, 0.4) is 0 Å². The first-order valence-corrected chi connectivity index (χ1v) is 3.57. The first kappa shape index (κ1) is 8.28. The molecule has 1 aromatic carbocycles. The second-order valence-corrected chi connectivity index (χ2v) is 2.32. The third-order valence-corrected chi connectivity index (χ3v) is 1.46. The Bertz CT molecular complexity index is 303. The van der Waals surface area contributed by atoms with E-state index in [2.05, 4.69) is 15.5 Å². The maximum absolute atomic E-state index is 5.74. The molecule has 56 valence electrons. The normalized spacial score (nSPS) is 8.55. The minimum absolute atomic E-state index is 0.556. The fourth-order valence-corrected chi connectivity index (χ4v) is 0.831. The van der Waals surface area contributed by atoms with Crippen molar-refractivity contribution in [3.63, 3.8) is 0 Å². The molecule has 0 spiro atoms. The summed E-state index contributed by atoms with van der Waals surface area (Å²) in [5, 5.41) is 0.556. The second-order valence-electron chi connectivity index (χ2n) is 1.75. The molecule has 1 rings (SSSR count). The van der Waals surface area contributed by atoms with Crippen molar-refractivity contribution >= 4 is 35.1 Å². The van der Waals surface area contributed by atoms with Crippen LogP contribution in [-0.4, -0.2) is 6.01 Å². The molecule has 0 saturated carbocycles. The molecular formula is C7H4Cl2N2. The van der Waals surface area contributed by atoms with Gasteiger partial charge in [0.2, 0.25) is 0 Å². The summed E-state index contributed by atoms with van der Waals surface area (Å²) in [5.41, 5.74) is 0.610. The van der Waals surface area contributed by atoms with Gasteiger partial charge in [-0.2, -0.15) is 4.99 Å². The lowest BCUT2D eigenvalue weighted by atomic mass is 10.3. The van der Waals surface area contributed by atoms with Gasteiger partial charge in [0.15, 0.2) is 0 Å². The summed E-state index contributed by atoms with van der Waals surface area (Å²) < 4.78 is 3.07. The Labute approximate surface area is 74.3 Å². The number of para-hydroxylation sites is 1. The summed E-state index contributed by atoms with van der Waals surface area (Å²) in [4.78, 5) is 3.74. The van der Waals surface area contributed by atoms with Crippen molar-refractivity contribution in [1.82, 2.24) is 0 Å². The summed E-state index contributed by atoms with van der Waals surface area (Å²) >= 11 is 10.7. The van der Waals surface area contributed by atoms with Crippen LogP contribution in [0.4, 0.5) is 5.69 Å². The van der Waals surface area contributed by atoms with Gasteiger partial charge in [-0.25, -0.2) is 0 Å². The maximum atomic E-state index is 5.74. The van der Waals surface area contributed by atoms with Crippen molar-refractivity contribution in [1.29, 1.82) is 0 Å². The molecular weight excluding hydrogens is 183 g/mol. The topological polar surface area (TPSA) is 24.7 Å². The average Bonchev–Trinajstić information content (AvgIpc) is 2.03. The van der Waals surface area contributed by atoms with E-state index in [4.69, 9.17) is 23.4 Å². The first-order chi connectivity index (χ1) is 5.34. The van der Waals surface area contributed by atoms with E-state index in [1.165, 1.54) is 0 Å². The highest BCUT2D eigenvalue weighted by Crippen LogP contribution is 2.22. The summed E-state index contributed by atoms with van der Waals surface area (Å²) in [6, 6.07) is 9.35. The molecule has 1 aromatic rings. The Morgan fingerprint density at radius 1 is 1.27 bits per heavy atom. The number of aliphatic imine (C=N–C) groups is 1. The van der Waals surface area contributed by atoms with E-state index in [0.29, 0.717) is 10.7 Å². The quantitative estimate of drug-likeness (QED) is 0.602. The number of nitrogens with zero attached hydrogens (tertiary/aromatic N) is 2. The maximum Gasteiger partial charge on any atom is 0.114 e. The van der Waals surface area contributed by atoms with E-state index in [1.54, 1.807) is 12.1 Å². The predicted octanol–water partition coefficient (Wildman–Crippen LogP) is 3.30. The Morgan fingerprint density at radius 2 is 2.00 bits per heavy atom. The van der Waals surface area contributed by atoms with Crippen LogP contribution in [0, 0.1) is 0 Å². The summed E-state index contributed by atoms with van der Waals surface area (Å²) in [6.07, 6.45) is 0. The lowest BCUT2D eigenvalue weighted by Gasteiger charge is -1.91. The first-order valence-electron chi connectivity index (χ1n) is 2.86. The number of hydrogen-bond acceptors (Lipinski definition) is 2. The SMILES string of the molecule is ClN=C=Nc1ccccc1Cl. The Kier molecular flexibility index (Phi) is 3.12. The van der Waals surface area contributed by atoms with Crippen molar-refractivity contribution in [2.75, 3.05) is 0 Å². The monoisotopic (exact) mass is 186 g/mol.